The van der Waals surface area contributed by atoms with Gasteiger partial charge in [0.25, 0.3) is 0 Å². The summed E-state index contributed by atoms with van der Waals surface area (Å²) in [7, 11) is 0. The lowest BCUT2D eigenvalue weighted by Gasteiger charge is -2.42. The van der Waals surface area contributed by atoms with Crippen LogP contribution in [0.3, 0.4) is 0 Å². The van der Waals surface area contributed by atoms with Gasteiger partial charge >= 0.3 is 0 Å². The quantitative estimate of drug-likeness (QED) is 0.840. The monoisotopic (exact) mass is 268 g/mol. The van der Waals surface area contributed by atoms with E-state index in [9.17, 15) is 9.90 Å². The first-order chi connectivity index (χ1) is 9.03. The van der Waals surface area contributed by atoms with Crippen LogP contribution in [0.25, 0.3) is 0 Å². The Bertz CT molecular complexity index is 316. The zero-order chi connectivity index (χ0) is 14.0. The Morgan fingerprint density at radius 2 is 1.95 bits per heavy atom. The van der Waals surface area contributed by atoms with Crippen molar-refractivity contribution < 1.29 is 9.90 Å². The molecule has 1 atom stereocenters. The summed E-state index contributed by atoms with van der Waals surface area (Å²) in [6, 6.07) is 0.408. The molecule has 4 nitrogen and oxygen atoms in total. The fraction of sp³-hybridized carbons (Fsp3) is 0.933. The fourth-order valence-corrected chi connectivity index (χ4v) is 3.47. The predicted molar refractivity (Wildman–Crippen MR) is 75.9 cm³/mol. The Hall–Kier alpha value is -0.610. The second-order valence-corrected chi connectivity index (χ2v) is 6.48. The number of likely N-dealkylation sites (tertiary alicyclic amines) is 2. The van der Waals surface area contributed by atoms with E-state index in [1.807, 2.05) is 4.90 Å². The minimum Gasteiger partial charge on any atom is -0.396 e. The Labute approximate surface area is 116 Å². The van der Waals surface area contributed by atoms with Gasteiger partial charge in [-0.15, -0.1) is 0 Å². The van der Waals surface area contributed by atoms with E-state index in [0.717, 1.165) is 45.3 Å². The molecule has 2 aliphatic heterocycles. The van der Waals surface area contributed by atoms with Crippen LogP contribution < -0.4 is 0 Å². The number of carbonyl (C=O) groups excluding carboxylic acids is 1. The minimum absolute atomic E-state index is 0.0935. The number of piperidine rings is 1. The van der Waals surface area contributed by atoms with Gasteiger partial charge in [0.1, 0.15) is 0 Å². The third-order valence-corrected chi connectivity index (χ3v) is 5.22. The van der Waals surface area contributed by atoms with E-state index >= 15 is 0 Å². The van der Waals surface area contributed by atoms with Crippen molar-refractivity contribution in [2.75, 3.05) is 26.2 Å². The highest BCUT2D eigenvalue weighted by Crippen LogP contribution is 2.36. The number of hydrogen-bond acceptors (Lipinski definition) is 3. The summed E-state index contributed by atoms with van der Waals surface area (Å²) in [5.74, 6) is 0.308. The van der Waals surface area contributed by atoms with Crippen LogP contribution in [-0.2, 0) is 4.79 Å². The van der Waals surface area contributed by atoms with E-state index < -0.39 is 0 Å². The lowest BCUT2D eigenvalue weighted by Crippen LogP contribution is -2.49. The second kappa shape index (κ2) is 5.80. The summed E-state index contributed by atoms with van der Waals surface area (Å²) in [5, 5.41) is 9.57. The summed E-state index contributed by atoms with van der Waals surface area (Å²) in [6.07, 6.45) is 4.04. The first-order valence-electron chi connectivity index (χ1n) is 7.68. The average molecular weight is 268 g/mol. The summed E-state index contributed by atoms with van der Waals surface area (Å²) in [5.41, 5.74) is 0.107. The first-order valence-corrected chi connectivity index (χ1v) is 7.68. The maximum atomic E-state index is 12.4. The Morgan fingerprint density at radius 1 is 1.32 bits per heavy atom. The van der Waals surface area contributed by atoms with E-state index in [0.29, 0.717) is 11.9 Å². The van der Waals surface area contributed by atoms with Crippen molar-refractivity contribution >= 4 is 5.91 Å². The van der Waals surface area contributed by atoms with Crippen molar-refractivity contribution in [1.82, 2.24) is 9.80 Å². The summed E-state index contributed by atoms with van der Waals surface area (Å²) >= 11 is 0. The van der Waals surface area contributed by atoms with Gasteiger partial charge in [-0.3, -0.25) is 9.69 Å². The second-order valence-electron chi connectivity index (χ2n) is 6.48. The molecule has 110 valence electrons. The van der Waals surface area contributed by atoms with Gasteiger partial charge < -0.3 is 10.0 Å². The van der Waals surface area contributed by atoms with Crippen LogP contribution in [0.2, 0.25) is 0 Å². The van der Waals surface area contributed by atoms with Crippen LogP contribution in [0.15, 0.2) is 0 Å². The fourth-order valence-electron chi connectivity index (χ4n) is 3.47. The van der Waals surface area contributed by atoms with Gasteiger partial charge in [-0.1, -0.05) is 6.92 Å². The number of aliphatic hydroxyl groups excluding tert-OH is 1. The van der Waals surface area contributed by atoms with E-state index in [2.05, 4.69) is 25.7 Å². The summed E-state index contributed by atoms with van der Waals surface area (Å²) in [6.45, 7) is 9.43. The minimum atomic E-state index is 0.0935. The smallest absolute Gasteiger partial charge is 0.240 e. The van der Waals surface area contributed by atoms with Crippen LogP contribution >= 0.6 is 0 Å². The predicted octanol–water partition coefficient (Wildman–Crippen LogP) is 1.48. The molecule has 1 amide bonds. The molecule has 0 aliphatic carbocycles. The van der Waals surface area contributed by atoms with Gasteiger partial charge in [0.05, 0.1) is 6.04 Å². The topological polar surface area (TPSA) is 43.8 Å². The number of hydrogen-bond donors (Lipinski definition) is 1. The van der Waals surface area contributed by atoms with Crippen molar-refractivity contribution in [3.63, 3.8) is 0 Å². The van der Waals surface area contributed by atoms with Crippen molar-refractivity contribution in [3.8, 4) is 0 Å². The van der Waals surface area contributed by atoms with Crippen molar-refractivity contribution in [2.24, 2.45) is 5.41 Å². The molecule has 0 radical (unpaired) electrons. The van der Waals surface area contributed by atoms with E-state index in [1.54, 1.807) is 0 Å². The molecule has 0 bridgehead atoms. The van der Waals surface area contributed by atoms with Gasteiger partial charge in [0, 0.05) is 19.2 Å². The van der Waals surface area contributed by atoms with Crippen LogP contribution in [0.1, 0.15) is 46.5 Å². The third-order valence-electron chi connectivity index (χ3n) is 5.22. The standard InChI is InChI=1S/C15H28N2O2/c1-4-15(11-18)6-9-16(10-7-15)13-5-8-17(12(2)3)14(13)19/h12-13,18H,4-11H2,1-3H3. The van der Waals surface area contributed by atoms with E-state index in [1.165, 1.54) is 0 Å². The lowest BCUT2D eigenvalue weighted by atomic mass is 9.76. The van der Waals surface area contributed by atoms with Gasteiger partial charge in [0.15, 0.2) is 0 Å². The number of nitrogens with zero attached hydrogens (tertiary/aromatic N) is 2. The molecular weight excluding hydrogens is 240 g/mol. The lowest BCUT2D eigenvalue weighted by molar-refractivity contribution is -0.134. The zero-order valence-electron chi connectivity index (χ0n) is 12.6. The normalized spacial score (nSPS) is 28.4. The number of amides is 1. The molecule has 0 aromatic rings. The molecule has 2 heterocycles. The van der Waals surface area contributed by atoms with Crippen LogP contribution in [-0.4, -0.2) is 59.1 Å². The summed E-state index contributed by atoms with van der Waals surface area (Å²) < 4.78 is 0. The highest BCUT2D eigenvalue weighted by atomic mass is 16.3. The van der Waals surface area contributed by atoms with Gasteiger partial charge in [-0.25, -0.2) is 0 Å². The van der Waals surface area contributed by atoms with Gasteiger partial charge in [-0.2, -0.15) is 0 Å². The molecule has 0 saturated carbocycles. The van der Waals surface area contributed by atoms with Crippen molar-refractivity contribution in [2.45, 2.75) is 58.5 Å². The zero-order valence-corrected chi connectivity index (χ0v) is 12.6. The average Bonchev–Trinajstić information content (AvgIpc) is 2.81. The molecule has 1 unspecified atom stereocenters. The number of aliphatic hydroxyl groups is 1. The maximum Gasteiger partial charge on any atom is 0.240 e. The maximum absolute atomic E-state index is 12.4. The highest BCUT2D eigenvalue weighted by Gasteiger charge is 2.41. The summed E-state index contributed by atoms with van der Waals surface area (Å²) in [4.78, 5) is 16.7. The highest BCUT2D eigenvalue weighted by molar-refractivity contribution is 5.84. The Balaban J connectivity index is 1.94. The van der Waals surface area contributed by atoms with Crippen LogP contribution in [0, 0.1) is 5.41 Å². The van der Waals surface area contributed by atoms with Crippen molar-refractivity contribution in [1.29, 1.82) is 0 Å². The van der Waals surface area contributed by atoms with Crippen LogP contribution in [0.5, 0.6) is 0 Å². The van der Waals surface area contributed by atoms with E-state index in [-0.39, 0.29) is 18.1 Å². The Morgan fingerprint density at radius 3 is 2.37 bits per heavy atom. The molecule has 4 heteroatoms. The van der Waals surface area contributed by atoms with E-state index in [4.69, 9.17) is 0 Å². The number of rotatable bonds is 4. The molecule has 1 N–H and O–H groups in total. The van der Waals surface area contributed by atoms with Gasteiger partial charge in [0.2, 0.25) is 5.91 Å². The first kappa shape index (κ1) is 14.8. The SMILES string of the molecule is CCC1(CO)CCN(C2CCN(C(C)C)C2=O)CC1. The number of carbonyl (C=O) groups is 1. The molecule has 2 fully saturated rings. The molecule has 0 aromatic carbocycles. The molecular formula is C15H28N2O2. The molecule has 2 aliphatic rings. The molecule has 2 saturated heterocycles. The van der Waals surface area contributed by atoms with Gasteiger partial charge in [-0.05, 0) is 58.0 Å². The van der Waals surface area contributed by atoms with Crippen LogP contribution in [0.4, 0.5) is 0 Å². The molecule has 0 aromatic heterocycles. The molecule has 2 rings (SSSR count). The third kappa shape index (κ3) is 2.79. The van der Waals surface area contributed by atoms with Crippen molar-refractivity contribution in [3.05, 3.63) is 0 Å². The largest absolute Gasteiger partial charge is 0.396 e. The Kier molecular flexibility index (Phi) is 4.51. The molecule has 19 heavy (non-hydrogen) atoms. The molecule has 0 spiro atoms.